The van der Waals surface area contributed by atoms with Crippen molar-refractivity contribution in [1.29, 1.82) is 0 Å². The number of rotatable bonds is 9. The Hall–Kier alpha value is 0.407. The molecule has 0 amide bonds. The van der Waals surface area contributed by atoms with Crippen LogP contribution >= 0.6 is 12.6 Å². The van der Waals surface area contributed by atoms with Crippen LogP contribution in [0, 0.1) is 0 Å². The Morgan fingerprint density at radius 3 is 2.07 bits per heavy atom. The largest absolute Gasteiger partial charge is 0.500 e. The molecule has 0 aromatic heterocycles. The van der Waals surface area contributed by atoms with Crippen molar-refractivity contribution in [2.75, 3.05) is 40.2 Å². The maximum Gasteiger partial charge on any atom is 0.500 e. The van der Waals surface area contributed by atoms with Crippen molar-refractivity contribution in [2.45, 2.75) is 12.5 Å². The fourth-order valence-corrected chi connectivity index (χ4v) is 3.07. The summed E-state index contributed by atoms with van der Waals surface area (Å²) < 4.78 is 15.9. The van der Waals surface area contributed by atoms with Gasteiger partial charge in [-0.25, -0.2) is 0 Å². The van der Waals surface area contributed by atoms with Gasteiger partial charge in [-0.2, -0.15) is 12.6 Å². The molecule has 0 aromatic carbocycles. The minimum absolute atomic E-state index is 0.843. The second-order valence-electron chi connectivity index (χ2n) is 2.87. The Bertz CT molecular complexity index is 127. The third-order valence-corrected chi connectivity index (χ3v) is 5.11. The summed E-state index contributed by atoms with van der Waals surface area (Å²) in [6.07, 6.45) is 0.996. The smallest absolute Gasteiger partial charge is 0.377 e. The van der Waals surface area contributed by atoms with Gasteiger partial charge in [0.05, 0.1) is 0 Å². The van der Waals surface area contributed by atoms with Gasteiger partial charge < -0.3 is 18.6 Å². The molecule has 0 spiro atoms. The van der Waals surface area contributed by atoms with Gasteiger partial charge in [-0.15, -0.1) is 0 Å². The summed E-state index contributed by atoms with van der Waals surface area (Å²) >= 11 is 4.11. The normalized spacial score (nSPS) is 12.0. The van der Waals surface area contributed by atoms with Crippen molar-refractivity contribution >= 4 is 21.4 Å². The van der Waals surface area contributed by atoms with E-state index in [0.717, 1.165) is 31.3 Å². The molecule has 4 nitrogen and oxygen atoms in total. The minimum Gasteiger partial charge on any atom is -0.377 e. The van der Waals surface area contributed by atoms with Crippen LogP contribution in [-0.4, -0.2) is 49.0 Å². The van der Waals surface area contributed by atoms with Gasteiger partial charge in [0.2, 0.25) is 0 Å². The number of hydrogen-bond acceptors (Lipinski definition) is 5. The van der Waals surface area contributed by atoms with E-state index in [-0.39, 0.29) is 0 Å². The molecule has 6 heteroatoms. The van der Waals surface area contributed by atoms with Crippen LogP contribution in [0.5, 0.6) is 0 Å². The molecule has 86 valence electrons. The van der Waals surface area contributed by atoms with Crippen molar-refractivity contribution in [1.82, 2.24) is 5.32 Å². The Labute approximate surface area is 93.1 Å². The molecule has 0 unspecified atom stereocenters. The summed E-state index contributed by atoms with van der Waals surface area (Å²) in [5.74, 6) is 0.863. The third kappa shape index (κ3) is 5.33. The number of hydrogen-bond donors (Lipinski definition) is 2. The van der Waals surface area contributed by atoms with Crippen molar-refractivity contribution in [2.24, 2.45) is 0 Å². The first-order valence-electron chi connectivity index (χ1n) is 4.71. The van der Waals surface area contributed by atoms with Crippen LogP contribution in [0.15, 0.2) is 0 Å². The minimum atomic E-state index is -2.34. The van der Waals surface area contributed by atoms with Crippen LogP contribution in [0.4, 0.5) is 0 Å². The van der Waals surface area contributed by atoms with Gasteiger partial charge in [0, 0.05) is 39.7 Å². The van der Waals surface area contributed by atoms with Crippen molar-refractivity contribution in [3.8, 4) is 0 Å². The van der Waals surface area contributed by atoms with Gasteiger partial charge in [0.15, 0.2) is 0 Å². The lowest BCUT2D eigenvalue weighted by Crippen LogP contribution is -2.43. The summed E-state index contributed by atoms with van der Waals surface area (Å²) in [6, 6.07) is 0.843. The van der Waals surface area contributed by atoms with Crippen molar-refractivity contribution < 1.29 is 13.3 Å². The second kappa shape index (κ2) is 8.69. The lowest BCUT2D eigenvalue weighted by molar-refractivity contribution is 0.123. The molecular weight excluding hydrogens is 218 g/mol. The van der Waals surface area contributed by atoms with Gasteiger partial charge in [-0.05, 0) is 13.0 Å². The molecule has 0 heterocycles. The summed E-state index contributed by atoms with van der Waals surface area (Å²) in [4.78, 5) is 0. The topological polar surface area (TPSA) is 39.7 Å². The molecular formula is C8H21NO3SSi. The molecule has 0 saturated carbocycles. The van der Waals surface area contributed by atoms with Gasteiger partial charge in [0.25, 0.3) is 0 Å². The SMILES string of the molecule is CO[Si](CCCNCCS)(OC)OC. The zero-order valence-electron chi connectivity index (χ0n) is 9.21. The molecule has 0 aromatic rings. The lowest BCUT2D eigenvalue weighted by atomic mass is 10.5. The molecule has 0 saturated heterocycles. The van der Waals surface area contributed by atoms with Crippen LogP contribution in [0.3, 0.4) is 0 Å². The van der Waals surface area contributed by atoms with E-state index in [9.17, 15) is 0 Å². The molecule has 0 bridgehead atoms. The van der Waals surface area contributed by atoms with E-state index in [1.165, 1.54) is 0 Å². The lowest BCUT2D eigenvalue weighted by Gasteiger charge is -2.24. The zero-order valence-corrected chi connectivity index (χ0v) is 11.1. The predicted molar refractivity (Wildman–Crippen MR) is 62.9 cm³/mol. The highest BCUT2D eigenvalue weighted by molar-refractivity contribution is 7.80. The van der Waals surface area contributed by atoms with E-state index in [0.29, 0.717) is 0 Å². The summed E-state index contributed by atoms with van der Waals surface area (Å²) in [7, 11) is 2.58. The van der Waals surface area contributed by atoms with E-state index in [1.807, 2.05) is 0 Å². The third-order valence-electron chi connectivity index (χ3n) is 2.06. The van der Waals surface area contributed by atoms with Crippen molar-refractivity contribution in [3.63, 3.8) is 0 Å². The van der Waals surface area contributed by atoms with Crippen LogP contribution in [0.2, 0.25) is 6.04 Å². The first-order valence-corrected chi connectivity index (χ1v) is 7.28. The van der Waals surface area contributed by atoms with E-state index < -0.39 is 8.80 Å². The first kappa shape index (κ1) is 14.4. The van der Waals surface area contributed by atoms with Crippen LogP contribution in [0.1, 0.15) is 6.42 Å². The fraction of sp³-hybridized carbons (Fsp3) is 1.00. The zero-order chi connectivity index (χ0) is 10.9. The van der Waals surface area contributed by atoms with Gasteiger partial charge in [-0.1, -0.05) is 0 Å². The maximum atomic E-state index is 5.29. The molecule has 0 radical (unpaired) electrons. The quantitative estimate of drug-likeness (QED) is 0.354. The Balaban J connectivity index is 3.61. The Morgan fingerprint density at radius 2 is 1.64 bits per heavy atom. The summed E-state index contributed by atoms with van der Waals surface area (Å²) in [5.41, 5.74) is 0. The molecule has 0 atom stereocenters. The monoisotopic (exact) mass is 239 g/mol. The van der Waals surface area contributed by atoms with Crippen LogP contribution < -0.4 is 5.32 Å². The molecule has 0 aliphatic carbocycles. The highest BCUT2D eigenvalue weighted by Gasteiger charge is 2.36. The highest BCUT2D eigenvalue weighted by Crippen LogP contribution is 2.14. The average Bonchev–Trinajstić information content (AvgIpc) is 2.24. The number of nitrogens with one attached hydrogen (secondary N) is 1. The molecule has 0 fully saturated rings. The molecule has 0 rings (SSSR count). The van der Waals surface area contributed by atoms with E-state index >= 15 is 0 Å². The highest BCUT2D eigenvalue weighted by atomic mass is 32.1. The van der Waals surface area contributed by atoms with Gasteiger partial charge in [0.1, 0.15) is 0 Å². The van der Waals surface area contributed by atoms with E-state index in [2.05, 4.69) is 17.9 Å². The Morgan fingerprint density at radius 1 is 1.07 bits per heavy atom. The van der Waals surface area contributed by atoms with E-state index in [4.69, 9.17) is 13.3 Å². The summed E-state index contributed by atoms with van der Waals surface area (Å²) in [5, 5.41) is 3.26. The van der Waals surface area contributed by atoms with E-state index in [1.54, 1.807) is 21.3 Å². The predicted octanol–water partition coefficient (Wildman–Crippen LogP) is 0.774. The molecule has 0 aliphatic heterocycles. The Kier molecular flexibility index (Phi) is 8.95. The maximum absolute atomic E-state index is 5.29. The molecule has 14 heavy (non-hydrogen) atoms. The molecule has 0 aliphatic rings. The fourth-order valence-electron chi connectivity index (χ4n) is 1.19. The van der Waals surface area contributed by atoms with Gasteiger partial charge in [-0.3, -0.25) is 0 Å². The van der Waals surface area contributed by atoms with Crippen LogP contribution in [-0.2, 0) is 13.3 Å². The summed E-state index contributed by atoms with van der Waals surface area (Å²) in [6.45, 7) is 1.88. The number of thiol groups is 1. The van der Waals surface area contributed by atoms with Crippen molar-refractivity contribution in [3.05, 3.63) is 0 Å². The van der Waals surface area contributed by atoms with Crippen LogP contribution in [0.25, 0.3) is 0 Å². The standard InChI is InChI=1S/C8H21NO3SSi/c1-10-14(11-2,12-3)8-4-5-9-6-7-13/h9,13H,4-8H2,1-3H3. The first-order chi connectivity index (χ1) is 6.74. The van der Waals surface area contributed by atoms with Gasteiger partial charge >= 0.3 is 8.80 Å². The second-order valence-corrected chi connectivity index (χ2v) is 6.41. The average molecular weight is 239 g/mol. The molecule has 1 N–H and O–H groups in total.